The molecule has 0 aromatic carbocycles. The first-order valence-corrected chi connectivity index (χ1v) is 3.68. The maximum absolute atomic E-state index is 5.05. The Balaban J connectivity index is 3.90. The minimum atomic E-state index is 0.0958. The highest BCUT2D eigenvalue weighted by Crippen LogP contribution is 2.16. The van der Waals surface area contributed by atoms with Crippen molar-refractivity contribution in [2.24, 2.45) is 10.4 Å². The van der Waals surface area contributed by atoms with Crippen LogP contribution in [-0.2, 0) is 0 Å². The van der Waals surface area contributed by atoms with Crippen LogP contribution < -0.4 is 0 Å². The second kappa shape index (κ2) is 4.73. The molecule has 0 saturated carbocycles. The normalized spacial score (nSPS) is 11.4. The topological polar surface area (TPSA) is 12.4 Å². The van der Waals surface area contributed by atoms with E-state index in [2.05, 4.69) is 31.3 Å². The van der Waals surface area contributed by atoms with Gasteiger partial charge in [0.25, 0.3) is 0 Å². The van der Waals surface area contributed by atoms with Crippen molar-refractivity contribution in [3.05, 3.63) is 12.7 Å². The number of hydrogen-bond donors (Lipinski definition) is 0. The highest BCUT2D eigenvalue weighted by molar-refractivity contribution is 5.65. The molecule has 60 valence electrons. The van der Waals surface area contributed by atoms with Crippen molar-refractivity contribution in [2.75, 3.05) is 6.54 Å². The van der Waals surface area contributed by atoms with Gasteiger partial charge in [-0.1, -0.05) is 25.8 Å². The Labute approximate surface area is 69.2 Å². The molecule has 0 unspecified atom stereocenters. The van der Waals surface area contributed by atoms with E-state index in [1.807, 2.05) is 12.3 Å². The summed E-state index contributed by atoms with van der Waals surface area (Å²) in [4.78, 5) is 4.07. The van der Waals surface area contributed by atoms with E-state index in [9.17, 15) is 0 Å². The fourth-order valence-corrected chi connectivity index (χ4v) is 0.770. The van der Waals surface area contributed by atoms with Gasteiger partial charge in [-0.3, -0.25) is 4.99 Å². The molecular formula is C10H15N. The predicted molar refractivity (Wildman–Crippen MR) is 50.8 cm³/mol. The van der Waals surface area contributed by atoms with Gasteiger partial charge in [-0.05, 0) is 6.42 Å². The highest BCUT2D eigenvalue weighted by Gasteiger charge is 2.11. The Morgan fingerprint density at radius 3 is 2.73 bits per heavy atom. The molecule has 1 nitrogen and oxygen atoms in total. The van der Waals surface area contributed by atoms with Gasteiger partial charge < -0.3 is 0 Å². The van der Waals surface area contributed by atoms with Crippen LogP contribution in [0.15, 0.2) is 17.6 Å². The third kappa shape index (κ3) is 5.42. The SMILES string of the molecule is C#CCN=CC(C)(C)CC=C. The molecule has 0 aromatic rings. The zero-order valence-electron chi connectivity index (χ0n) is 7.30. The summed E-state index contributed by atoms with van der Waals surface area (Å²) in [5.74, 6) is 2.46. The first-order valence-electron chi connectivity index (χ1n) is 3.68. The Hall–Kier alpha value is -1.03. The molecule has 0 aliphatic carbocycles. The third-order valence-corrected chi connectivity index (χ3v) is 1.29. The Morgan fingerprint density at radius 1 is 1.64 bits per heavy atom. The number of allylic oxidation sites excluding steroid dienone is 1. The fraction of sp³-hybridized carbons (Fsp3) is 0.500. The molecule has 0 amide bonds. The lowest BCUT2D eigenvalue weighted by Crippen LogP contribution is -2.11. The third-order valence-electron chi connectivity index (χ3n) is 1.29. The first kappa shape index (κ1) is 9.97. The number of nitrogens with zero attached hydrogens (tertiary/aromatic N) is 1. The first-order chi connectivity index (χ1) is 5.12. The number of hydrogen-bond acceptors (Lipinski definition) is 1. The molecule has 0 spiro atoms. The molecule has 0 atom stereocenters. The molecule has 0 N–H and O–H groups in total. The molecule has 0 fully saturated rings. The van der Waals surface area contributed by atoms with Crippen LogP contribution in [0.1, 0.15) is 20.3 Å². The van der Waals surface area contributed by atoms with Crippen molar-refractivity contribution in [3.63, 3.8) is 0 Å². The summed E-state index contributed by atoms with van der Waals surface area (Å²) in [6.07, 6.45) is 9.77. The number of rotatable bonds is 4. The van der Waals surface area contributed by atoms with E-state index in [1.54, 1.807) is 0 Å². The van der Waals surface area contributed by atoms with Gasteiger partial charge in [0.1, 0.15) is 0 Å². The summed E-state index contributed by atoms with van der Waals surface area (Å²) in [6.45, 7) is 8.36. The summed E-state index contributed by atoms with van der Waals surface area (Å²) in [5.41, 5.74) is 0.0958. The van der Waals surface area contributed by atoms with Crippen LogP contribution in [0.2, 0.25) is 0 Å². The standard InChI is InChI=1S/C10H15N/c1-5-7-10(3,4)9-11-8-6-2/h2,5,9H,1,7-8H2,3-4H3. The largest absolute Gasteiger partial charge is 0.284 e. The molecule has 0 rings (SSSR count). The summed E-state index contributed by atoms with van der Waals surface area (Å²) >= 11 is 0. The van der Waals surface area contributed by atoms with E-state index in [-0.39, 0.29) is 5.41 Å². The van der Waals surface area contributed by atoms with Gasteiger partial charge in [0.15, 0.2) is 0 Å². The van der Waals surface area contributed by atoms with Gasteiger partial charge in [0.2, 0.25) is 0 Å². The van der Waals surface area contributed by atoms with Crippen molar-refractivity contribution >= 4 is 6.21 Å². The number of aliphatic imine (C=N–C) groups is 1. The zero-order valence-corrected chi connectivity index (χ0v) is 7.30. The molecule has 0 aliphatic rings. The molecule has 1 heteroatoms. The second-order valence-electron chi connectivity index (χ2n) is 3.16. The minimum Gasteiger partial charge on any atom is -0.284 e. The summed E-state index contributed by atoms with van der Waals surface area (Å²) in [7, 11) is 0. The maximum atomic E-state index is 5.05. The van der Waals surface area contributed by atoms with E-state index in [1.165, 1.54) is 0 Å². The maximum Gasteiger partial charge on any atom is 0.0991 e. The van der Waals surface area contributed by atoms with E-state index in [0.717, 1.165) is 6.42 Å². The van der Waals surface area contributed by atoms with E-state index in [0.29, 0.717) is 6.54 Å². The average molecular weight is 149 g/mol. The lowest BCUT2D eigenvalue weighted by Gasteiger charge is -2.15. The molecule has 0 radical (unpaired) electrons. The van der Waals surface area contributed by atoms with Crippen LogP contribution in [0.5, 0.6) is 0 Å². The lowest BCUT2D eigenvalue weighted by molar-refractivity contribution is 0.545. The lowest BCUT2D eigenvalue weighted by atomic mass is 9.91. The van der Waals surface area contributed by atoms with Gasteiger partial charge in [-0.25, -0.2) is 0 Å². The van der Waals surface area contributed by atoms with Crippen molar-refractivity contribution in [1.82, 2.24) is 0 Å². The molecule has 11 heavy (non-hydrogen) atoms. The minimum absolute atomic E-state index is 0.0958. The van der Waals surface area contributed by atoms with E-state index in [4.69, 9.17) is 6.42 Å². The number of terminal acetylenes is 1. The quantitative estimate of drug-likeness (QED) is 0.330. The van der Waals surface area contributed by atoms with Gasteiger partial charge in [-0.2, -0.15) is 0 Å². The monoisotopic (exact) mass is 149 g/mol. The molecule has 0 saturated heterocycles. The second-order valence-corrected chi connectivity index (χ2v) is 3.16. The van der Waals surface area contributed by atoms with Crippen LogP contribution >= 0.6 is 0 Å². The summed E-state index contributed by atoms with van der Waals surface area (Å²) < 4.78 is 0. The molecule has 0 bridgehead atoms. The van der Waals surface area contributed by atoms with Crippen molar-refractivity contribution in [2.45, 2.75) is 20.3 Å². The molecule has 0 aliphatic heterocycles. The zero-order chi connectivity index (χ0) is 8.74. The predicted octanol–water partition coefficient (Wildman–Crippen LogP) is 2.29. The molecule has 0 heterocycles. The van der Waals surface area contributed by atoms with Crippen LogP contribution in [0, 0.1) is 17.8 Å². The summed E-state index contributed by atoms with van der Waals surface area (Å²) in [6, 6.07) is 0. The van der Waals surface area contributed by atoms with Crippen LogP contribution in [0.4, 0.5) is 0 Å². The van der Waals surface area contributed by atoms with Crippen molar-refractivity contribution in [3.8, 4) is 12.3 Å². The van der Waals surface area contributed by atoms with Crippen LogP contribution in [-0.4, -0.2) is 12.8 Å². The van der Waals surface area contributed by atoms with Crippen molar-refractivity contribution in [1.29, 1.82) is 0 Å². The van der Waals surface area contributed by atoms with Crippen LogP contribution in [0.3, 0.4) is 0 Å². The Morgan fingerprint density at radius 2 is 2.27 bits per heavy atom. The van der Waals surface area contributed by atoms with E-state index < -0.39 is 0 Å². The molecular weight excluding hydrogens is 134 g/mol. The smallest absolute Gasteiger partial charge is 0.0991 e. The van der Waals surface area contributed by atoms with Gasteiger partial charge in [-0.15, -0.1) is 13.0 Å². The molecule has 0 aromatic heterocycles. The average Bonchev–Trinajstić information content (AvgIpc) is 1.87. The van der Waals surface area contributed by atoms with Gasteiger partial charge >= 0.3 is 0 Å². The Bertz CT molecular complexity index is 182. The van der Waals surface area contributed by atoms with Gasteiger partial charge in [0, 0.05) is 11.6 Å². The van der Waals surface area contributed by atoms with E-state index >= 15 is 0 Å². The van der Waals surface area contributed by atoms with Gasteiger partial charge in [0.05, 0.1) is 6.54 Å². The highest BCUT2D eigenvalue weighted by atomic mass is 14.7. The van der Waals surface area contributed by atoms with Crippen LogP contribution in [0.25, 0.3) is 0 Å². The van der Waals surface area contributed by atoms with Crippen molar-refractivity contribution < 1.29 is 0 Å². The fourth-order valence-electron chi connectivity index (χ4n) is 0.770. The Kier molecular flexibility index (Phi) is 4.29. The summed E-state index contributed by atoms with van der Waals surface area (Å²) in [5, 5.41) is 0.